The quantitative estimate of drug-likeness (QED) is 0.122. The zero-order chi connectivity index (χ0) is 31.9. The van der Waals surface area contributed by atoms with Gasteiger partial charge in [0.1, 0.15) is 5.78 Å². The second-order valence-electron chi connectivity index (χ2n) is 15.5. The third kappa shape index (κ3) is 8.72. The van der Waals surface area contributed by atoms with E-state index in [9.17, 15) is 31.1 Å². The summed E-state index contributed by atoms with van der Waals surface area (Å²) in [5.41, 5.74) is -5.67. The zero-order valence-corrected chi connectivity index (χ0v) is 28.7. The van der Waals surface area contributed by atoms with Crippen LogP contribution in [-0.2, 0) is 13.6 Å². The number of rotatable bonds is 12. The van der Waals surface area contributed by atoms with Crippen molar-refractivity contribution in [2.24, 2.45) is 22.7 Å². The van der Waals surface area contributed by atoms with Crippen LogP contribution in [0.15, 0.2) is 12.2 Å². The van der Waals surface area contributed by atoms with Crippen LogP contribution in [0.25, 0.3) is 0 Å². The lowest BCUT2D eigenvalue weighted by Crippen LogP contribution is -2.61. The Labute approximate surface area is 245 Å². The van der Waals surface area contributed by atoms with E-state index in [1.807, 2.05) is 20.8 Å². The Hall–Kier alpha value is -0.656. The Bertz CT molecular complexity index is 934. The molecule has 2 fully saturated rings. The Morgan fingerprint density at radius 3 is 1.90 bits per heavy atom. The number of ketones is 1. The fourth-order valence-corrected chi connectivity index (χ4v) is 10.8. The monoisotopic (exact) mass is 630 g/mol. The summed E-state index contributed by atoms with van der Waals surface area (Å²) in [6.45, 7) is 18.5. The van der Waals surface area contributed by atoms with Crippen LogP contribution < -0.4 is 0 Å². The summed E-state index contributed by atoms with van der Waals surface area (Å²) in [5, 5.41) is 0. The Kier molecular flexibility index (Phi) is 10.7. The summed E-state index contributed by atoms with van der Waals surface area (Å²) in [5.74, 6) is 0.135. The zero-order valence-electron chi connectivity index (χ0n) is 26.7. The molecule has 0 aromatic rings. The van der Waals surface area contributed by atoms with Crippen molar-refractivity contribution in [3.8, 4) is 0 Å². The van der Waals surface area contributed by atoms with E-state index in [1.165, 1.54) is 19.6 Å². The number of alkyl halides is 6. The number of Topliss-reactive ketones (excluding diaryl/α,β-unsaturated/α-hetero) is 1. The summed E-state index contributed by atoms with van der Waals surface area (Å²) >= 11 is 0. The molecule has 0 radical (unpaired) electrons. The summed E-state index contributed by atoms with van der Waals surface area (Å²) in [6, 6.07) is 0. The first-order valence-corrected chi connectivity index (χ1v) is 21.7. The third-order valence-electron chi connectivity index (χ3n) is 9.06. The molecule has 240 valence electrons. The van der Waals surface area contributed by atoms with Gasteiger partial charge in [-0.15, -0.1) is 0 Å². The predicted molar refractivity (Wildman–Crippen MR) is 157 cm³/mol. The topological polar surface area (TPSA) is 35.5 Å². The average Bonchev–Trinajstić information content (AvgIpc) is 3.07. The molecular weight excluding hydrogens is 578 g/mol. The van der Waals surface area contributed by atoms with Gasteiger partial charge in [0.15, 0.2) is 16.6 Å². The van der Waals surface area contributed by atoms with Gasteiger partial charge in [-0.25, -0.2) is 0 Å². The van der Waals surface area contributed by atoms with Crippen molar-refractivity contribution >= 4 is 22.4 Å². The molecule has 0 aromatic heterocycles. The summed E-state index contributed by atoms with van der Waals surface area (Å²) in [7, 11) is -5.10. The van der Waals surface area contributed by atoms with Gasteiger partial charge in [0, 0.05) is 12.3 Å². The van der Waals surface area contributed by atoms with E-state index in [-0.39, 0.29) is 35.5 Å². The largest absolute Gasteiger partial charge is 0.429 e. The van der Waals surface area contributed by atoms with Crippen molar-refractivity contribution in [2.75, 3.05) is 0 Å². The predicted octanol–water partition coefficient (Wildman–Crippen LogP) is 10.2. The fourth-order valence-electron chi connectivity index (χ4n) is 7.77. The Morgan fingerprint density at radius 2 is 1.41 bits per heavy atom. The number of halogens is 6. The maximum Gasteiger partial charge on any atom is 0.429 e. The van der Waals surface area contributed by atoms with Gasteiger partial charge in [0.2, 0.25) is 0 Å². The first-order chi connectivity index (χ1) is 18.2. The molecule has 2 saturated carbocycles. The van der Waals surface area contributed by atoms with Crippen LogP contribution in [0.1, 0.15) is 85.5 Å². The van der Waals surface area contributed by atoms with Crippen molar-refractivity contribution in [3.05, 3.63) is 12.2 Å². The van der Waals surface area contributed by atoms with Gasteiger partial charge < -0.3 is 8.85 Å². The molecule has 0 unspecified atom stereocenters. The van der Waals surface area contributed by atoms with Crippen LogP contribution in [0.4, 0.5) is 26.3 Å². The molecule has 0 aromatic carbocycles. The number of fused-ring (bicyclic) bond motifs is 1. The van der Waals surface area contributed by atoms with Gasteiger partial charge in [0.25, 0.3) is 5.60 Å². The number of hydrogen-bond acceptors (Lipinski definition) is 3. The minimum atomic E-state index is -5.67. The molecule has 11 heteroatoms. The smallest absolute Gasteiger partial charge is 0.413 e. The van der Waals surface area contributed by atoms with Gasteiger partial charge in [-0.3, -0.25) is 4.79 Å². The first-order valence-electron chi connectivity index (χ1n) is 14.9. The van der Waals surface area contributed by atoms with E-state index in [2.05, 4.69) is 26.6 Å². The summed E-state index contributed by atoms with van der Waals surface area (Å²) in [4.78, 5) is 12.8. The maximum absolute atomic E-state index is 14.2. The van der Waals surface area contributed by atoms with E-state index in [4.69, 9.17) is 8.85 Å². The molecule has 3 nitrogen and oxygen atoms in total. The van der Waals surface area contributed by atoms with Crippen LogP contribution in [0.2, 0.25) is 39.3 Å². The van der Waals surface area contributed by atoms with Gasteiger partial charge in [-0.2, -0.15) is 26.3 Å². The van der Waals surface area contributed by atoms with Crippen LogP contribution in [0.5, 0.6) is 0 Å². The average molecular weight is 631 g/mol. The molecule has 0 aliphatic heterocycles. The molecule has 2 rings (SSSR count). The number of hydrogen-bond donors (Lipinski definition) is 0. The first kappa shape index (κ1) is 36.5. The second-order valence-corrected chi connectivity index (χ2v) is 24.4. The van der Waals surface area contributed by atoms with Gasteiger partial charge in [0.05, 0.1) is 5.60 Å². The second kappa shape index (κ2) is 12.0. The Balaban J connectivity index is 2.48. The van der Waals surface area contributed by atoms with Crippen LogP contribution >= 0.6 is 0 Å². The highest BCUT2D eigenvalue weighted by atomic mass is 28.4. The minimum absolute atomic E-state index is 0.000922. The molecule has 0 N–H and O–H groups in total. The van der Waals surface area contributed by atoms with Crippen molar-refractivity contribution in [1.29, 1.82) is 0 Å². The van der Waals surface area contributed by atoms with Crippen molar-refractivity contribution in [2.45, 2.75) is 148 Å². The van der Waals surface area contributed by atoms with E-state index in [0.717, 1.165) is 38.2 Å². The molecule has 2 aliphatic carbocycles. The van der Waals surface area contributed by atoms with Crippen molar-refractivity contribution < 1.29 is 40.0 Å². The molecule has 0 spiro atoms. The summed E-state index contributed by atoms with van der Waals surface area (Å²) < 4.78 is 96.4. The number of carbonyl (C=O) groups is 1. The molecule has 4 atom stereocenters. The third-order valence-corrected chi connectivity index (χ3v) is 11.2. The molecule has 0 saturated heterocycles. The molecule has 2 aliphatic rings. The van der Waals surface area contributed by atoms with Crippen LogP contribution in [-0.4, -0.2) is 46.0 Å². The van der Waals surface area contributed by atoms with Gasteiger partial charge in [-0.1, -0.05) is 26.3 Å². The van der Waals surface area contributed by atoms with Gasteiger partial charge in [-0.05, 0) is 121 Å². The fraction of sp³-hybridized carbons (Fsp3) is 0.900. The number of allylic oxidation sites excluding steroid dienone is 1. The molecule has 0 heterocycles. The highest BCUT2D eigenvalue weighted by Gasteiger charge is 2.71. The van der Waals surface area contributed by atoms with E-state index >= 15 is 0 Å². The van der Waals surface area contributed by atoms with Crippen LogP contribution in [0, 0.1) is 22.7 Å². The lowest BCUT2D eigenvalue weighted by atomic mass is 9.56. The molecule has 0 bridgehead atoms. The van der Waals surface area contributed by atoms with E-state index in [0.29, 0.717) is 19.3 Å². The molecule has 0 amide bonds. The van der Waals surface area contributed by atoms with E-state index < -0.39 is 45.6 Å². The Morgan fingerprint density at radius 1 is 0.878 bits per heavy atom. The lowest BCUT2D eigenvalue weighted by molar-refractivity contribution is -0.340. The molecular formula is C30H52F6O3Si2. The van der Waals surface area contributed by atoms with Gasteiger partial charge >= 0.3 is 12.4 Å². The van der Waals surface area contributed by atoms with Crippen LogP contribution in [0.3, 0.4) is 0 Å². The highest BCUT2D eigenvalue weighted by molar-refractivity contribution is 6.70. The lowest BCUT2D eigenvalue weighted by Gasteiger charge is -2.48. The van der Waals surface area contributed by atoms with Crippen molar-refractivity contribution in [1.82, 2.24) is 0 Å². The maximum atomic E-state index is 14.2. The minimum Gasteiger partial charge on any atom is -0.413 e. The normalized spacial score (nSPS) is 26.9. The van der Waals surface area contributed by atoms with E-state index in [1.54, 1.807) is 0 Å². The van der Waals surface area contributed by atoms with Crippen molar-refractivity contribution in [3.63, 3.8) is 0 Å². The highest BCUT2D eigenvalue weighted by Crippen LogP contribution is 2.62. The standard InChI is InChI=1S/C30H52F6O3Si2/c1-25(2,38-40(5,6)7)17-12-18-26(3,24-16-15-22-23(37)14-11-20-27(22,24)4)19-13-21-28(29(31,32)33,30(34,35)36)39-41(8,9)10/h13,21-22,24H,11-12,14-20H2,1-10H3/t22-,24+,26+,27-/m0/s1. The number of carbonyl (C=O) groups excluding carboxylic acids is 1. The molecule has 41 heavy (non-hydrogen) atoms. The summed E-state index contributed by atoms with van der Waals surface area (Å²) in [6.07, 6.45) is -4.38. The SMILES string of the molecule is CC(C)(CCC[C@](C)(CC=CC(O[Si](C)(C)C)(C(F)(F)F)C(F)(F)F)[C@H]1CC[C@H]2C(=O)CCC[C@]12C)O[Si](C)(C)C.